The average molecular weight is 326 g/mol. The first kappa shape index (κ1) is 14.6. The van der Waals surface area contributed by atoms with Gasteiger partial charge in [-0.3, -0.25) is 0 Å². The van der Waals surface area contributed by atoms with Crippen molar-refractivity contribution >= 4 is 23.2 Å². The van der Waals surface area contributed by atoms with Gasteiger partial charge >= 0.3 is 0 Å². The number of halogens is 3. The fourth-order valence-corrected chi connectivity index (χ4v) is 2.71. The van der Waals surface area contributed by atoms with E-state index in [0.717, 1.165) is 18.7 Å². The van der Waals surface area contributed by atoms with Crippen molar-refractivity contribution in [2.24, 2.45) is 5.92 Å². The van der Waals surface area contributed by atoms with Gasteiger partial charge in [0.2, 0.25) is 0 Å². The third-order valence-corrected chi connectivity index (χ3v) is 4.10. The molecule has 1 N–H and O–H groups in total. The van der Waals surface area contributed by atoms with Crippen LogP contribution in [0.3, 0.4) is 0 Å². The van der Waals surface area contributed by atoms with Gasteiger partial charge in [0.25, 0.3) is 0 Å². The van der Waals surface area contributed by atoms with Crippen LogP contribution >= 0.6 is 23.2 Å². The summed E-state index contributed by atoms with van der Waals surface area (Å²) in [6.07, 6.45) is -0.178. The average Bonchev–Trinajstić information content (AvgIpc) is 2.39. The van der Waals surface area contributed by atoms with Crippen LogP contribution in [0.15, 0.2) is 42.5 Å². The van der Waals surface area contributed by atoms with Crippen molar-refractivity contribution in [3.05, 3.63) is 63.9 Å². The number of ether oxygens (including phenoxy) is 1. The molecule has 5 heteroatoms. The van der Waals surface area contributed by atoms with Crippen LogP contribution in [0.2, 0.25) is 10.0 Å². The second-order valence-electron chi connectivity index (χ2n) is 5.09. The van der Waals surface area contributed by atoms with Crippen molar-refractivity contribution < 1.29 is 9.13 Å². The normalized spacial score (nSPS) is 16.3. The van der Waals surface area contributed by atoms with Gasteiger partial charge in [-0.25, -0.2) is 4.39 Å². The maximum absolute atomic E-state index is 13.3. The summed E-state index contributed by atoms with van der Waals surface area (Å²) >= 11 is 11.9. The zero-order valence-corrected chi connectivity index (χ0v) is 12.7. The Morgan fingerprint density at radius 1 is 1.14 bits per heavy atom. The molecule has 1 saturated heterocycles. The minimum atomic E-state index is -0.423. The lowest BCUT2D eigenvalue weighted by atomic mass is 9.91. The van der Waals surface area contributed by atoms with Crippen LogP contribution in [0.4, 0.5) is 4.39 Å². The summed E-state index contributed by atoms with van der Waals surface area (Å²) in [6, 6.07) is 12.0. The summed E-state index contributed by atoms with van der Waals surface area (Å²) in [6.45, 7) is 1.72. The van der Waals surface area contributed by atoms with E-state index < -0.39 is 5.82 Å². The van der Waals surface area contributed by atoms with Crippen molar-refractivity contribution in [3.63, 3.8) is 0 Å². The van der Waals surface area contributed by atoms with Gasteiger partial charge in [-0.15, -0.1) is 0 Å². The van der Waals surface area contributed by atoms with E-state index in [2.05, 4.69) is 5.32 Å². The number of nitrogens with one attached hydrogen (secondary N) is 1. The summed E-state index contributed by atoms with van der Waals surface area (Å²) in [5, 5.41) is 3.95. The molecule has 3 rings (SSSR count). The van der Waals surface area contributed by atoms with E-state index in [1.165, 1.54) is 6.07 Å². The maximum atomic E-state index is 13.3. The van der Waals surface area contributed by atoms with Gasteiger partial charge < -0.3 is 10.1 Å². The van der Waals surface area contributed by atoms with Gasteiger partial charge in [-0.1, -0.05) is 35.3 Å². The van der Waals surface area contributed by atoms with Gasteiger partial charge in [0.1, 0.15) is 17.7 Å². The lowest BCUT2D eigenvalue weighted by molar-refractivity contribution is 0.0993. The SMILES string of the molecule is Fc1ccc(C(Oc2cccc(Cl)c2)C2CNC2)cc1Cl. The molecular formula is C16H14Cl2FNO. The molecule has 1 fully saturated rings. The molecule has 0 bridgehead atoms. The molecule has 1 aliphatic heterocycles. The number of rotatable bonds is 4. The molecule has 21 heavy (non-hydrogen) atoms. The molecule has 2 nitrogen and oxygen atoms in total. The van der Waals surface area contributed by atoms with E-state index >= 15 is 0 Å². The first-order valence-electron chi connectivity index (χ1n) is 6.71. The molecule has 0 spiro atoms. The summed E-state index contributed by atoms with van der Waals surface area (Å²) in [7, 11) is 0. The number of hydrogen-bond acceptors (Lipinski definition) is 2. The Morgan fingerprint density at radius 3 is 2.57 bits per heavy atom. The number of hydrogen-bond donors (Lipinski definition) is 1. The van der Waals surface area contributed by atoms with Crippen LogP contribution < -0.4 is 10.1 Å². The molecule has 0 saturated carbocycles. The van der Waals surface area contributed by atoms with Crippen LogP contribution in [0, 0.1) is 11.7 Å². The lowest BCUT2D eigenvalue weighted by Gasteiger charge is -2.35. The second kappa shape index (κ2) is 6.22. The van der Waals surface area contributed by atoms with Crippen molar-refractivity contribution in [1.82, 2.24) is 5.32 Å². The van der Waals surface area contributed by atoms with E-state index in [9.17, 15) is 4.39 Å². The van der Waals surface area contributed by atoms with Gasteiger partial charge in [0.15, 0.2) is 0 Å². The van der Waals surface area contributed by atoms with Gasteiger partial charge in [-0.2, -0.15) is 0 Å². The third kappa shape index (κ3) is 3.31. The summed E-state index contributed by atoms with van der Waals surface area (Å²) in [5.74, 6) is 0.596. The van der Waals surface area contributed by atoms with Crippen molar-refractivity contribution in [1.29, 1.82) is 0 Å². The predicted octanol–water partition coefficient (Wildman–Crippen LogP) is 4.47. The quantitative estimate of drug-likeness (QED) is 0.895. The van der Waals surface area contributed by atoms with E-state index in [4.69, 9.17) is 27.9 Å². The highest BCUT2D eigenvalue weighted by Gasteiger charge is 2.30. The zero-order chi connectivity index (χ0) is 14.8. The summed E-state index contributed by atoms with van der Waals surface area (Å²) < 4.78 is 19.4. The van der Waals surface area contributed by atoms with Crippen molar-refractivity contribution in [3.8, 4) is 5.75 Å². The largest absolute Gasteiger partial charge is 0.485 e. The first-order chi connectivity index (χ1) is 10.1. The molecule has 0 aromatic heterocycles. The Labute approximate surface area is 132 Å². The Morgan fingerprint density at radius 2 is 1.95 bits per heavy atom. The van der Waals surface area contributed by atoms with Crippen molar-refractivity contribution in [2.75, 3.05) is 13.1 Å². The lowest BCUT2D eigenvalue weighted by Crippen LogP contribution is -2.46. The van der Waals surface area contributed by atoms with Crippen LogP contribution in [-0.4, -0.2) is 13.1 Å². The van der Waals surface area contributed by atoms with Gasteiger partial charge in [0, 0.05) is 24.0 Å². The molecular weight excluding hydrogens is 312 g/mol. The molecule has 1 aliphatic rings. The topological polar surface area (TPSA) is 21.3 Å². The number of benzene rings is 2. The molecule has 0 aliphatic carbocycles. The minimum Gasteiger partial charge on any atom is -0.485 e. The maximum Gasteiger partial charge on any atom is 0.141 e. The van der Waals surface area contributed by atoms with Crippen LogP contribution in [-0.2, 0) is 0 Å². The third-order valence-electron chi connectivity index (χ3n) is 3.57. The molecule has 1 atom stereocenters. The highest BCUT2D eigenvalue weighted by molar-refractivity contribution is 6.31. The standard InChI is InChI=1S/C16H14Cl2FNO/c17-12-2-1-3-13(7-12)21-16(11-8-20-9-11)10-4-5-15(19)14(18)6-10/h1-7,11,16,20H,8-9H2. The monoisotopic (exact) mass is 325 g/mol. The van der Waals surface area contributed by atoms with Gasteiger partial charge in [0.05, 0.1) is 5.02 Å². The molecule has 2 aromatic rings. The van der Waals surface area contributed by atoms with Crippen molar-refractivity contribution in [2.45, 2.75) is 6.10 Å². The fourth-order valence-electron chi connectivity index (χ4n) is 2.34. The van der Waals surface area contributed by atoms with E-state index in [1.54, 1.807) is 24.3 Å². The Bertz CT molecular complexity index is 646. The minimum absolute atomic E-state index is 0.111. The summed E-state index contributed by atoms with van der Waals surface area (Å²) in [4.78, 5) is 0. The smallest absolute Gasteiger partial charge is 0.141 e. The molecule has 2 aromatic carbocycles. The molecule has 0 radical (unpaired) electrons. The molecule has 1 heterocycles. The second-order valence-corrected chi connectivity index (χ2v) is 5.93. The molecule has 1 unspecified atom stereocenters. The van der Waals surface area contributed by atoms with Crippen LogP contribution in [0.1, 0.15) is 11.7 Å². The van der Waals surface area contributed by atoms with E-state index in [0.29, 0.717) is 16.7 Å². The predicted molar refractivity (Wildman–Crippen MR) is 82.6 cm³/mol. The Hall–Kier alpha value is -1.29. The van der Waals surface area contributed by atoms with Crippen LogP contribution in [0.25, 0.3) is 0 Å². The fraction of sp³-hybridized carbons (Fsp3) is 0.250. The van der Waals surface area contributed by atoms with Crippen LogP contribution in [0.5, 0.6) is 5.75 Å². The highest BCUT2D eigenvalue weighted by atomic mass is 35.5. The Balaban J connectivity index is 1.88. The Kier molecular flexibility index (Phi) is 4.34. The van der Waals surface area contributed by atoms with E-state index in [1.807, 2.05) is 12.1 Å². The molecule has 0 amide bonds. The van der Waals surface area contributed by atoms with Gasteiger partial charge in [-0.05, 0) is 35.9 Å². The zero-order valence-electron chi connectivity index (χ0n) is 11.2. The first-order valence-corrected chi connectivity index (χ1v) is 7.47. The summed E-state index contributed by atoms with van der Waals surface area (Å²) in [5.41, 5.74) is 0.868. The van der Waals surface area contributed by atoms with E-state index in [-0.39, 0.29) is 11.1 Å². The highest BCUT2D eigenvalue weighted by Crippen LogP contribution is 2.33. The molecule has 110 valence electrons.